The van der Waals surface area contributed by atoms with Gasteiger partial charge in [0.1, 0.15) is 5.52 Å². The van der Waals surface area contributed by atoms with Gasteiger partial charge in [-0.2, -0.15) is 0 Å². The molecule has 0 spiro atoms. The second-order valence-electron chi connectivity index (χ2n) is 10.7. The predicted molar refractivity (Wildman–Crippen MR) is 173 cm³/mol. The van der Waals surface area contributed by atoms with Crippen LogP contribution < -0.4 is 5.56 Å². The summed E-state index contributed by atoms with van der Waals surface area (Å²) in [5.74, 6) is 0.538. The van der Waals surface area contributed by atoms with Crippen molar-refractivity contribution in [3.8, 4) is 22.5 Å². The SMILES string of the molecule is O=c1c2ccccc2n2c3ncc(-c4ccc5c(c4)c4ccccc4n5-c4ccccc4)cc3nc2n1-c1ccccc1. The summed E-state index contributed by atoms with van der Waals surface area (Å²) in [6.45, 7) is 0. The van der Waals surface area contributed by atoms with Crippen LogP contribution in [0.2, 0.25) is 0 Å². The first-order valence-corrected chi connectivity index (χ1v) is 14.2. The smallest absolute Gasteiger partial charge is 0.267 e. The van der Waals surface area contributed by atoms with E-state index in [0.29, 0.717) is 16.8 Å². The highest BCUT2D eigenvalue weighted by atomic mass is 16.1. The molecule has 202 valence electrons. The minimum atomic E-state index is -0.106. The molecule has 0 aliphatic rings. The Hall–Kier alpha value is -6.01. The van der Waals surface area contributed by atoms with Gasteiger partial charge in [-0.3, -0.25) is 9.20 Å². The summed E-state index contributed by atoms with van der Waals surface area (Å²) in [5.41, 5.74) is 8.35. The molecule has 6 nitrogen and oxygen atoms in total. The van der Waals surface area contributed by atoms with Crippen molar-refractivity contribution in [3.05, 3.63) is 150 Å². The Morgan fingerprint density at radius 1 is 0.512 bits per heavy atom. The molecule has 0 amide bonds. The van der Waals surface area contributed by atoms with Crippen LogP contribution in [0.15, 0.2) is 144 Å². The normalized spacial score (nSPS) is 11.8. The van der Waals surface area contributed by atoms with E-state index in [1.54, 1.807) is 4.57 Å². The molecule has 0 aliphatic carbocycles. The van der Waals surface area contributed by atoms with E-state index in [-0.39, 0.29) is 5.56 Å². The molecule has 0 fully saturated rings. The molecule has 6 heteroatoms. The van der Waals surface area contributed by atoms with Gasteiger partial charge in [0.05, 0.1) is 27.6 Å². The molecule has 5 aromatic carbocycles. The minimum Gasteiger partial charge on any atom is -0.309 e. The van der Waals surface area contributed by atoms with E-state index >= 15 is 0 Å². The number of rotatable bonds is 3. The third kappa shape index (κ3) is 3.44. The molecule has 0 aliphatic heterocycles. The maximum absolute atomic E-state index is 13.7. The molecule has 0 saturated heterocycles. The van der Waals surface area contributed by atoms with Gasteiger partial charge in [-0.05, 0) is 66.2 Å². The average Bonchev–Trinajstić information content (AvgIpc) is 3.61. The Morgan fingerprint density at radius 2 is 1.14 bits per heavy atom. The van der Waals surface area contributed by atoms with Gasteiger partial charge in [0.15, 0.2) is 5.65 Å². The van der Waals surface area contributed by atoms with E-state index in [9.17, 15) is 4.79 Å². The van der Waals surface area contributed by atoms with Crippen molar-refractivity contribution in [1.82, 2.24) is 23.5 Å². The zero-order valence-corrected chi connectivity index (χ0v) is 22.9. The van der Waals surface area contributed by atoms with Gasteiger partial charge in [0.25, 0.3) is 5.56 Å². The van der Waals surface area contributed by atoms with Gasteiger partial charge >= 0.3 is 0 Å². The van der Waals surface area contributed by atoms with Crippen LogP contribution >= 0.6 is 0 Å². The molecule has 0 N–H and O–H groups in total. The number of fused-ring (bicyclic) bond motifs is 8. The van der Waals surface area contributed by atoms with E-state index in [4.69, 9.17) is 9.97 Å². The van der Waals surface area contributed by atoms with E-state index in [0.717, 1.165) is 39.1 Å². The van der Waals surface area contributed by atoms with E-state index in [1.807, 2.05) is 71.3 Å². The van der Waals surface area contributed by atoms with Crippen molar-refractivity contribution in [3.63, 3.8) is 0 Å². The first-order chi connectivity index (χ1) is 21.3. The summed E-state index contributed by atoms with van der Waals surface area (Å²) in [6, 6.07) is 44.9. The third-order valence-electron chi connectivity index (χ3n) is 8.29. The molecule has 4 aromatic heterocycles. The van der Waals surface area contributed by atoms with Crippen LogP contribution in [-0.2, 0) is 0 Å². The summed E-state index contributed by atoms with van der Waals surface area (Å²) in [4.78, 5) is 23.7. The van der Waals surface area contributed by atoms with E-state index in [2.05, 4.69) is 77.4 Å². The van der Waals surface area contributed by atoms with Gasteiger partial charge in [-0.1, -0.05) is 72.8 Å². The number of hydrogen-bond acceptors (Lipinski definition) is 3. The monoisotopic (exact) mass is 553 g/mol. The Balaban J connectivity index is 1.29. The number of nitrogens with zero attached hydrogens (tertiary/aromatic N) is 5. The maximum atomic E-state index is 13.7. The lowest BCUT2D eigenvalue weighted by Crippen LogP contribution is -2.21. The van der Waals surface area contributed by atoms with Crippen LogP contribution in [0.25, 0.3) is 72.2 Å². The quantitative estimate of drug-likeness (QED) is 0.223. The minimum absolute atomic E-state index is 0.106. The molecular weight excluding hydrogens is 530 g/mol. The fraction of sp³-hybridized carbons (Fsp3) is 0. The molecule has 9 aromatic rings. The van der Waals surface area contributed by atoms with Crippen LogP contribution in [0.4, 0.5) is 0 Å². The molecule has 9 rings (SSSR count). The Bertz CT molecular complexity index is 2580. The molecule has 4 heterocycles. The van der Waals surface area contributed by atoms with Crippen molar-refractivity contribution in [2.45, 2.75) is 0 Å². The molecule has 0 saturated carbocycles. The van der Waals surface area contributed by atoms with Crippen LogP contribution in [0, 0.1) is 0 Å². The second-order valence-corrected chi connectivity index (χ2v) is 10.7. The first kappa shape index (κ1) is 23.7. The molecule has 0 unspecified atom stereocenters. The van der Waals surface area contributed by atoms with Gasteiger partial charge in [0, 0.05) is 28.2 Å². The van der Waals surface area contributed by atoms with Gasteiger partial charge in [-0.15, -0.1) is 0 Å². The van der Waals surface area contributed by atoms with Crippen LogP contribution in [0.3, 0.4) is 0 Å². The number of para-hydroxylation sites is 4. The van der Waals surface area contributed by atoms with Crippen LogP contribution in [0.5, 0.6) is 0 Å². The molecule has 0 bridgehead atoms. The van der Waals surface area contributed by atoms with Gasteiger partial charge in [0.2, 0.25) is 5.78 Å². The Labute approximate surface area is 245 Å². The number of imidazole rings is 1. The second kappa shape index (κ2) is 8.99. The van der Waals surface area contributed by atoms with Crippen molar-refractivity contribution in [2.75, 3.05) is 0 Å². The number of pyridine rings is 1. The van der Waals surface area contributed by atoms with Crippen LogP contribution in [-0.4, -0.2) is 23.5 Å². The zero-order valence-electron chi connectivity index (χ0n) is 22.9. The summed E-state index contributed by atoms with van der Waals surface area (Å²) >= 11 is 0. The van der Waals surface area contributed by atoms with E-state index < -0.39 is 0 Å². The highest BCUT2D eigenvalue weighted by Gasteiger charge is 2.19. The lowest BCUT2D eigenvalue weighted by atomic mass is 10.0. The van der Waals surface area contributed by atoms with Crippen LogP contribution in [0.1, 0.15) is 0 Å². The van der Waals surface area contributed by atoms with Gasteiger partial charge < -0.3 is 4.57 Å². The van der Waals surface area contributed by atoms with Crippen molar-refractivity contribution in [1.29, 1.82) is 0 Å². The predicted octanol–water partition coefficient (Wildman–Crippen LogP) is 7.95. The molecular formula is C37H23N5O. The lowest BCUT2D eigenvalue weighted by Gasteiger charge is -2.10. The standard InChI is InChI=1S/C37H23N5O/c43-36-29-16-8-10-18-33(29)42-35-31(39-37(42)41(36)27-13-5-2-6-14-27)22-25(23-38-35)24-19-20-34-30(21-24)28-15-7-9-17-32(28)40(34)26-11-3-1-4-12-26/h1-23H. The summed E-state index contributed by atoms with van der Waals surface area (Å²) in [6.07, 6.45) is 1.90. The third-order valence-corrected chi connectivity index (χ3v) is 8.29. The van der Waals surface area contributed by atoms with Crippen molar-refractivity contribution < 1.29 is 0 Å². The highest BCUT2D eigenvalue weighted by molar-refractivity contribution is 6.10. The molecule has 43 heavy (non-hydrogen) atoms. The maximum Gasteiger partial charge on any atom is 0.267 e. The molecule has 0 radical (unpaired) electrons. The Kier molecular flexibility index (Phi) is 4.95. The van der Waals surface area contributed by atoms with Crippen molar-refractivity contribution in [2.24, 2.45) is 0 Å². The van der Waals surface area contributed by atoms with Crippen molar-refractivity contribution >= 4 is 49.7 Å². The molecule has 0 atom stereocenters. The highest BCUT2D eigenvalue weighted by Crippen LogP contribution is 2.35. The number of benzene rings is 5. The number of hydrogen-bond donors (Lipinski definition) is 0. The van der Waals surface area contributed by atoms with Gasteiger partial charge in [-0.25, -0.2) is 14.5 Å². The summed E-state index contributed by atoms with van der Waals surface area (Å²) in [7, 11) is 0. The fourth-order valence-corrected chi connectivity index (χ4v) is 6.36. The summed E-state index contributed by atoms with van der Waals surface area (Å²) < 4.78 is 5.97. The zero-order chi connectivity index (χ0) is 28.5. The Morgan fingerprint density at radius 3 is 1.91 bits per heavy atom. The largest absolute Gasteiger partial charge is 0.309 e. The topological polar surface area (TPSA) is 57.1 Å². The average molecular weight is 554 g/mol. The summed E-state index contributed by atoms with van der Waals surface area (Å²) in [5, 5.41) is 2.99. The fourth-order valence-electron chi connectivity index (χ4n) is 6.36. The number of aromatic nitrogens is 5. The first-order valence-electron chi connectivity index (χ1n) is 14.2. The van der Waals surface area contributed by atoms with E-state index in [1.165, 1.54) is 16.3 Å². The lowest BCUT2D eigenvalue weighted by molar-refractivity contribution is 0.980.